The molecule has 0 aliphatic carbocycles. The van der Waals surface area contributed by atoms with Crippen LogP contribution in [0.5, 0.6) is 0 Å². The molecule has 0 bridgehead atoms. The van der Waals surface area contributed by atoms with E-state index < -0.39 is 5.91 Å². The van der Waals surface area contributed by atoms with Gasteiger partial charge in [-0.05, 0) is 55.8 Å². The summed E-state index contributed by atoms with van der Waals surface area (Å²) in [6.07, 6.45) is 1.53. The molecule has 0 aliphatic heterocycles. The van der Waals surface area contributed by atoms with Crippen LogP contribution in [0.2, 0.25) is 0 Å². The summed E-state index contributed by atoms with van der Waals surface area (Å²) in [6, 6.07) is 19.2. The summed E-state index contributed by atoms with van der Waals surface area (Å²) in [5, 5.41) is 12.1. The Morgan fingerprint density at radius 1 is 1.11 bits per heavy atom. The van der Waals surface area contributed by atoms with Crippen molar-refractivity contribution >= 4 is 17.7 Å². The first-order valence-electron chi connectivity index (χ1n) is 8.43. The molecule has 0 fully saturated rings. The van der Waals surface area contributed by atoms with Crippen LogP contribution >= 0.6 is 0 Å². The minimum absolute atomic E-state index is 0.0207. The number of rotatable bonds is 4. The van der Waals surface area contributed by atoms with Crippen molar-refractivity contribution in [1.82, 2.24) is 4.57 Å². The number of nitrogens with zero attached hydrogens (tertiary/aromatic N) is 2. The van der Waals surface area contributed by atoms with Crippen molar-refractivity contribution in [2.24, 2.45) is 0 Å². The highest BCUT2D eigenvalue weighted by Gasteiger charge is 2.15. The van der Waals surface area contributed by atoms with Crippen LogP contribution in [0.25, 0.3) is 11.8 Å². The molecule has 0 spiro atoms. The van der Waals surface area contributed by atoms with E-state index in [1.165, 1.54) is 12.1 Å². The van der Waals surface area contributed by atoms with Gasteiger partial charge in [0.25, 0.3) is 5.91 Å². The second kappa shape index (κ2) is 7.71. The maximum Gasteiger partial charge on any atom is 0.266 e. The van der Waals surface area contributed by atoms with Crippen LogP contribution in [0.3, 0.4) is 0 Å². The van der Waals surface area contributed by atoms with Crippen LogP contribution in [0.15, 0.2) is 66.2 Å². The molecule has 5 heteroatoms. The lowest BCUT2D eigenvalue weighted by Crippen LogP contribution is -2.13. The number of hydrogen-bond donors (Lipinski definition) is 1. The summed E-state index contributed by atoms with van der Waals surface area (Å²) in [4.78, 5) is 12.4. The van der Waals surface area contributed by atoms with Gasteiger partial charge in [0, 0.05) is 17.1 Å². The molecule has 1 amide bonds. The number of anilines is 1. The summed E-state index contributed by atoms with van der Waals surface area (Å²) in [5.74, 6) is -0.823. The van der Waals surface area contributed by atoms with E-state index in [2.05, 4.69) is 5.32 Å². The number of benzene rings is 2. The largest absolute Gasteiger partial charge is 0.321 e. The van der Waals surface area contributed by atoms with Crippen molar-refractivity contribution in [1.29, 1.82) is 5.26 Å². The van der Waals surface area contributed by atoms with Gasteiger partial charge in [0.1, 0.15) is 17.5 Å². The second-order valence-electron chi connectivity index (χ2n) is 6.10. The van der Waals surface area contributed by atoms with Crippen molar-refractivity contribution in [2.45, 2.75) is 13.8 Å². The number of hydrogen-bond acceptors (Lipinski definition) is 2. The molecule has 4 nitrogen and oxygen atoms in total. The molecular formula is C22H18FN3O. The molecule has 0 saturated carbocycles. The molecule has 1 heterocycles. The molecule has 0 radical (unpaired) electrons. The van der Waals surface area contributed by atoms with Crippen LogP contribution in [0.1, 0.15) is 17.0 Å². The first-order chi connectivity index (χ1) is 13.0. The Kier molecular flexibility index (Phi) is 5.18. The minimum atomic E-state index is -0.487. The molecule has 2 aromatic carbocycles. The van der Waals surface area contributed by atoms with E-state index in [4.69, 9.17) is 0 Å². The molecule has 134 valence electrons. The fourth-order valence-corrected chi connectivity index (χ4v) is 2.96. The van der Waals surface area contributed by atoms with E-state index in [-0.39, 0.29) is 11.4 Å². The van der Waals surface area contributed by atoms with Gasteiger partial charge in [0.2, 0.25) is 0 Å². The molecule has 27 heavy (non-hydrogen) atoms. The number of carbonyl (C=O) groups excluding carboxylic acids is 1. The Labute approximate surface area is 157 Å². The number of amides is 1. The minimum Gasteiger partial charge on any atom is -0.321 e. The summed E-state index contributed by atoms with van der Waals surface area (Å²) in [6.45, 7) is 3.68. The highest BCUT2D eigenvalue weighted by Crippen LogP contribution is 2.24. The molecule has 3 rings (SSSR count). The highest BCUT2D eigenvalue weighted by molar-refractivity contribution is 6.09. The molecule has 0 aliphatic rings. The fourth-order valence-electron chi connectivity index (χ4n) is 2.96. The maximum absolute atomic E-state index is 14.2. The van der Waals surface area contributed by atoms with Gasteiger partial charge < -0.3 is 9.88 Å². The lowest BCUT2D eigenvalue weighted by molar-refractivity contribution is -0.112. The smallest absolute Gasteiger partial charge is 0.266 e. The number of aryl methyl sites for hydroxylation is 1. The van der Waals surface area contributed by atoms with Crippen molar-refractivity contribution in [3.8, 4) is 11.8 Å². The van der Waals surface area contributed by atoms with Gasteiger partial charge in [0.05, 0.1) is 5.69 Å². The summed E-state index contributed by atoms with van der Waals surface area (Å²) in [5.41, 5.74) is 3.27. The van der Waals surface area contributed by atoms with Gasteiger partial charge in [-0.25, -0.2) is 4.39 Å². The first kappa shape index (κ1) is 18.2. The SMILES string of the molecule is Cc1cc(/C=C(/C#N)C(=O)Nc2ccccc2)c(C)n1-c1ccccc1F. The lowest BCUT2D eigenvalue weighted by Gasteiger charge is -2.10. The van der Waals surface area contributed by atoms with Gasteiger partial charge in [-0.3, -0.25) is 4.79 Å². The number of para-hydroxylation sites is 2. The molecule has 0 atom stereocenters. The quantitative estimate of drug-likeness (QED) is 0.538. The number of nitrogens with one attached hydrogen (secondary N) is 1. The molecule has 0 unspecified atom stereocenters. The molecule has 0 saturated heterocycles. The van der Waals surface area contributed by atoms with Crippen molar-refractivity contribution < 1.29 is 9.18 Å². The average Bonchev–Trinajstić information content (AvgIpc) is 2.94. The molecule has 3 aromatic rings. The van der Waals surface area contributed by atoms with E-state index in [0.29, 0.717) is 16.9 Å². The Bertz CT molecular complexity index is 1060. The van der Waals surface area contributed by atoms with Gasteiger partial charge in [-0.2, -0.15) is 5.26 Å². The van der Waals surface area contributed by atoms with E-state index in [1.807, 2.05) is 32.0 Å². The maximum atomic E-state index is 14.2. The van der Waals surface area contributed by atoms with Gasteiger partial charge >= 0.3 is 0 Å². The Balaban J connectivity index is 1.96. The van der Waals surface area contributed by atoms with Crippen LogP contribution in [-0.2, 0) is 4.79 Å². The van der Waals surface area contributed by atoms with Gasteiger partial charge in [0.15, 0.2) is 0 Å². The predicted molar refractivity (Wildman–Crippen MR) is 104 cm³/mol. The zero-order valence-electron chi connectivity index (χ0n) is 15.0. The number of aromatic nitrogens is 1. The van der Waals surface area contributed by atoms with Crippen molar-refractivity contribution in [2.75, 3.05) is 5.32 Å². The van der Waals surface area contributed by atoms with E-state index in [9.17, 15) is 14.4 Å². The Morgan fingerprint density at radius 3 is 2.44 bits per heavy atom. The standard InChI is InChI=1S/C22H18FN3O/c1-15-12-17(16(2)26(15)21-11-7-6-10-20(21)23)13-18(14-24)22(27)25-19-8-4-3-5-9-19/h3-13H,1-2H3,(H,25,27)/b18-13-. The lowest BCUT2D eigenvalue weighted by atomic mass is 10.1. The summed E-state index contributed by atoms with van der Waals surface area (Å²) >= 11 is 0. The van der Waals surface area contributed by atoms with Crippen LogP contribution in [-0.4, -0.2) is 10.5 Å². The van der Waals surface area contributed by atoms with Crippen molar-refractivity contribution in [3.05, 3.63) is 89.0 Å². The molecular weight excluding hydrogens is 341 g/mol. The summed E-state index contributed by atoms with van der Waals surface area (Å²) in [7, 11) is 0. The van der Waals surface area contributed by atoms with Crippen LogP contribution in [0, 0.1) is 31.0 Å². The van der Waals surface area contributed by atoms with E-state index in [0.717, 1.165) is 11.4 Å². The third kappa shape index (κ3) is 3.80. The second-order valence-corrected chi connectivity index (χ2v) is 6.10. The number of halogens is 1. The highest BCUT2D eigenvalue weighted by atomic mass is 19.1. The molecule has 1 N–H and O–H groups in total. The fraction of sp³-hybridized carbons (Fsp3) is 0.0909. The van der Waals surface area contributed by atoms with Crippen molar-refractivity contribution in [3.63, 3.8) is 0 Å². The number of carbonyl (C=O) groups is 1. The normalized spacial score (nSPS) is 11.1. The Hall–Kier alpha value is -3.65. The van der Waals surface area contributed by atoms with Crippen LogP contribution < -0.4 is 5.32 Å². The monoisotopic (exact) mass is 359 g/mol. The predicted octanol–water partition coefficient (Wildman–Crippen LogP) is 4.78. The topological polar surface area (TPSA) is 57.8 Å². The van der Waals surface area contributed by atoms with E-state index in [1.54, 1.807) is 47.0 Å². The zero-order chi connectivity index (χ0) is 19.4. The first-order valence-corrected chi connectivity index (χ1v) is 8.43. The third-order valence-electron chi connectivity index (χ3n) is 4.26. The van der Waals surface area contributed by atoms with Gasteiger partial charge in [-0.15, -0.1) is 0 Å². The Morgan fingerprint density at radius 2 is 1.78 bits per heavy atom. The third-order valence-corrected chi connectivity index (χ3v) is 4.26. The number of nitriles is 1. The van der Waals surface area contributed by atoms with E-state index >= 15 is 0 Å². The van der Waals surface area contributed by atoms with Crippen LogP contribution in [0.4, 0.5) is 10.1 Å². The zero-order valence-corrected chi connectivity index (χ0v) is 15.0. The van der Waals surface area contributed by atoms with Gasteiger partial charge in [-0.1, -0.05) is 30.3 Å². The summed E-state index contributed by atoms with van der Waals surface area (Å²) < 4.78 is 16.0. The average molecular weight is 359 g/mol. The molecule has 1 aromatic heterocycles.